The summed E-state index contributed by atoms with van der Waals surface area (Å²) in [5.41, 5.74) is 0.199. The minimum atomic E-state index is -1.25. The number of carboxylic acid groups (broad SMARTS) is 1. The van der Waals surface area contributed by atoms with E-state index in [4.69, 9.17) is 4.99 Å². The number of aromatic nitrogens is 2. The third-order valence-electron chi connectivity index (χ3n) is 4.60. The van der Waals surface area contributed by atoms with Crippen LogP contribution in [0, 0.1) is 0 Å². The van der Waals surface area contributed by atoms with E-state index in [1.165, 1.54) is 4.90 Å². The molecule has 0 bridgehead atoms. The normalized spacial score (nSPS) is 24.0. The van der Waals surface area contributed by atoms with Crippen LogP contribution in [0.25, 0.3) is 6.08 Å². The van der Waals surface area contributed by atoms with Crippen molar-refractivity contribution in [3.05, 3.63) is 16.9 Å². The van der Waals surface area contributed by atoms with Gasteiger partial charge >= 0.3 is 6.09 Å². The first kappa shape index (κ1) is 17.2. The second kappa shape index (κ2) is 6.05. The molecule has 3 rings (SSSR count). The van der Waals surface area contributed by atoms with E-state index < -0.39 is 27.7 Å². The topological polar surface area (TPSA) is 117 Å². The van der Waals surface area contributed by atoms with Gasteiger partial charge in [-0.3, -0.25) is 10.1 Å². The summed E-state index contributed by atoms with van der Waals surface area (Å²) in [7, 11) is 0. The van der Waals surface area contributed by atoms with Gasteiger partial charge in [-0.25, -0.2) is 4.79 Å². The van der Waals surface area contributed by atoms with Gasteiger partial charge in [-0.15, -0.1) is 4.72 Å². The molecule has 2 aliphatic rings. The summed E-state index contributed by atoms with van der Waals surface area (Å²) in [6, 6.07) is -0.224. The van der Waals surface area contributed by atoms with Crippen LogP contribution in [0.15, 0.2) is 11.2 Å². The monoisotopic (exact) mass is 353 g/mol. The molecule has 0 saturated carbocycles. The van der Waals surface area contributed by atoms with Crippen LogP contribution in [0.3, 0.4) is 0 Å². The standard InChI is InChI=1S/C15H23N5O3S/c1-14(2,3)24(23)19-11-8-10-9-16-18-12(10)17-15(11)4-6-20(7-5-15)13(21)22/h8-9,11,19H,4-7H2,1-3H3,(H,17,18)(H,21,22)/t11-,24?/m0/s1. The summed E-state index contributed by atoms with van der Waals surface area (Å²) in [6.07, 6.45) is 3.95. The van der Waals surface area contributed by atoms with Gasteiger partial charge < -0.3 is 14.6 Å². The highest BCUT2D eigenvalue weighted by molar-refractivity contribution is 7.90. The largest absolute Gasteiger partial charge is 0.598 e. The lowest BCUT2D eigenvalue weighted by molar-refractivity contribution is 0.113. The maximum atomic E-state index is 12.6. The van der Waals surface area contributed by atoms with Crippen LogP contribution in [0.1, 0.15) is 33.6 Å². The zero-order chi connectivity index (χ0) is 17.5. The molecule has 1 saturated heterocycles. The molecule has 1 unspecified atom stereocenters. The van der Waals surface area contributed by atoms with E-state index in [1.54, 1.807) is 6.20 Å². The highest BCUT2D eigenvalue weighted by Gasteiger charge is 2.46. The Morgan fingerprint density at radius 2 is 2.17 bits per heavy atom. The average molecular weight is 353 g/mol. The van der Waals surface area contributed by atoms with Crippen LogP contribution < -0.4 is 15.4 Å². The summed E-state index contributed by atoms with van der Waals surface area (Å²) in [6.45, 7) is 6.57. The van der Waals surface area contributed by atoms with Crippen LogP contribution in [0.5, 0.6) is 0 Å². The SMILES string of the molecule is CC(C)(C)[S+]([O-])N[C@H]1C=c2cn[nH]c2=NC12CCN(C(=O)O)CC2. The fourth-order valence-corrected chi connectivity index (χ4v) is 3.94. The molecule has 2 aliphatic heterocycles. The Morgan fingerprint density at radius 1 is 1.50 bits per heavy atom. The lowest BCUT2D eigenvalue weighted by Crippen LogP contribution is -2.61. The number of piperidine rings is 1. The lowest BCUT2D eigenvalue weighted by Gasteiger charge is -2.43. The molecule has 9 heteroatoms. The Labute approximate surface area is 143 Å². The van der Waals surface area contributed by atoms with Gasteiger partial charge in [0.25, 0.3) is 0 Å². The minimum absolute atomic E-state index is 0.224. The summed E-state index contributed by atoms with van der Waals surface area (Å²) < 4.78 is 15.4. The fourth-order valence-electron chi connectivity index (χ4n) is 3.07. The second-order valence-corrected chi connectivity index (χ2v) is 9.30. The molecule has 3 N–H and O–H groups in total. The third kappa shape index (κ3) is 3.15. The fraction of sp³-hybridized carbons (Fsp3) is 0.667. The van der Waals surface area contributed by atoms with Gasteiger partial charge in [0.05, 0.1) is 17.8 Å². The van der Waals surface area contributed by atoms with E-state index in [0.29, 0.717) is 31.4 Å². The molecule has 1 amide bonds. The van der Waals surface area contributed by atoms with Crippen molar-refractivity contribution in [2.24, 2.45) is 4.99 Å². The molecule has 1 fully saturated rings. The number of hydrogen-bond acceptors (Lipinski definition) is 5. The van der Waals surface area contributed by atoms with Crippen molar-refractivity contribution in [3.8, 4) is 0 Å². The number of rotatable bonds is 2. The van der Waals surface area contributed by atoms with Crippen LogP contribution >= 0.6 is 0 Å². The van der Waals surface area contributed by atoms with Crippen LogP contribution in [-0.2, 0) is 11.4 Å². The highest BCUT2D eigenvalue weighted by atomic mass is 32.2. The van der Waals surface area contributed by atoms with Gasteiger partial charge in [-0.1, -0.05) is 0 Å². The van der Waals surface area contributed by atoms with Gasteiger partial charge in [-0.05, 0) is 39.7 Å². The molecule has 0 aromatic carbocycles. The summed E-state index contributed by atoms with van der Waals surface area (Å²) in [4.78, 5) is 17.4. The maximum absolute atomic E-state index is 12.6. The van der Waals surface area contributed by atoms with Crippen molar-refractivity contribution in [1.29, 1.82) is 0 Å². The quantitative estimate of drug-likeness (QED) is 0.634. The molecule has 1 aromatic heterocycles. The van der Waals surface area contributed by atoms with Crippen molar-refractivity contribution >= 4 is 23.5 Å². The molecule has 1 spiro atoms. The summed E-state index contributed by atoms with van der Waals surface area (Å²) >= 11 is -1.25. The first-order chi connectivity index (χ1) is 11.2. The Hall–Kier alpha value is -1.58. The second-order valence-electron chi connectivity index (χ2n) is 7.30. The number of nitrogens with zero attached hydrogens (tertiary/aromatic N) is 3. The maximum Gasteiger partial charge on any atom is 0.407 e. The molecule has 132 valence electrons. The molecule has 0 aliphatic carbocycles. The molecule has 24 heavy (non-hydrogen) atoms. The first-order valence-electron chi connectivity index (χ1n) is 7.98. The zero-order valence-corrected chi connectivity index (χ0v) is 14.9. The van der Waals surface area contributed by atoms with Gasteiger partial charge in [-0.2, -0.15) is 5.10 Å². The predicted molar refractivity (Wildman–Crippen MR) is 90.2 cm³/mol. The van der Waals surface area contributed by atoms with E-state index in [-0.39, 0.29) is 6.04 Å². The Bertz CT molecular complexity index is 733. The highest BCUT2D eigenvalue weighted by Crippen LogP contribution is 2.32. The molecular weight excluding hydrogens is 330 g/mol. The number of H-pyrrole nitrogens is 1. The average Bonchev–Trinajstić information content (AvgIpc) is 2.94. The van der Waals surface area contributed by atoms with E-state index in [1.807, 2.05) is 26.8 Å². The summed E-state index contributed by atoms with van der Waals surface area (Å²) in [5, 5.41) is 17.0. The van der Waals surface area contributed by atoms with Crippen LogP contribution in [-0.4, -0.2) is 60.3 Å². The first-order valence-corrected chi connectivity index (χ1v) is 9.13. The number of likely N-dealkylation sites (tertiary alicyclic amines) is 1. The number of aromatic amines is 1. The molecule has 2 atom stereocenters. The minimum Gasteiger partial charge on any atom is -0.598 e. The van der Waals surface area contributed by atoms with Crippen molar-refractivity contribution < 1.29 is 14.5 Å². The molecule has 1 aromatic rings. The van der Waals surface area contributed by atoms with E-state index in [0.717, 1.165) is 5.22 Å². The number of fused-ring (bicyclic) bond motifs is 1. The number of hydrogen-bond donors (Lipinski definition) is 3. The van der Waals surface area contributed by atoms with Crippen LogP contribution in [0.4, 0.5) is 4.79 Å². The predicted octanol–water partition coefficient (Wildman–Crippen LogP) is -0.244. The van der Waals surface area contributed by atoms with Crippen LogP contribution in [0.2, 0.25) is 0 Å². The smallest absolute Gasteiger partial charge is 0.407 e. The Balaban J connectivity index is 1.91. The lowest BCUT2D eigenvalue weighted by atomic mass is 9.80. The molecular formula is C15H23N5O3S. The number of carbonyl (C=O) groups is 1. The van der Waals surface area contributed by atoms with Gasteiger partial charge in [0.1, 0.15) is 4.75 Å². The molecule has 3 heterocycles. The van der Waals surface area contributed by atoms with E-state index >= 15 is 0 Å². The zero-order valence-electron chi connectivity index (χ0n) is 14.1. The van der Waals surface area contributed by atoms with Crippen molar-refractivity contribution in [1.82, 2.24) is 19.8 Å². The van der Waals surface area contributed by atoms with Gasteiger partial charge in [0.2, 0.25) is 0 Å². The summed E-state index contributed by atoms with van der Waals surface area (Å²) in [5.74, 6) is 0. The molecule has 8 nitrogen and oxygen atoms in total. The number of amides is 1. The van der Waals surface area contributed by atoms with Crippen molar-refractivity contribution in [2.75, 3.05) is 13.1 Å². The third-order valence-corrected chi connectivity index (χ3v) is 6.18. The molecule has 0 radical (unpaired) electrons. The number of nitrogens with one attached hydrogen (secondary N) is 2. The van der Waals surface area contributed by atoms with Crippen molar-refractivity contribution in [2.45, 2.75) is 49.9 Å². The van der Waals surface area contributed by atoms with Crippen molar-refractivity contribution in [3.63, 3.8) is 0 Å². The Kier molecular flexibility index (Phi) is 4.35. The Morgan fingerprint density at radius 3 is 2.75 bits per heavy atom. The van der Waals surface area contributed by atoms with Gasteiger partial charge in [0, 0.05) is 29.7 Å². The van der Waals surface area contributed by atoms with Gasteiger partial charge in [0.15, 0.2) is 5.49 Å². The van der Waals surface area contributed by atoms with E-state index in [9.17, 15) is 14.5 Å². The van der Waals surface area contributed by atoms with E-state index in [2.05, 4.69) is 14.9 Å².